The maximum absolute atomic E-state index is 5.95. The predicted molar refractivity (Wildman–Crippen MR) is 88.4 cm³/mol. The van der Waals surface area contributed by atoms with Crippen molar-refractivity contribution in [1.82, 2.24) is 4.90 Å². The SMILES string of the molecule is COc1ccc(CCN2CCO[C@H]3[C@@H](OC)CC[C@@H]32)cc1OC. The van der Waals surface area contributed by atoms with E-state index in [0.29, 0.717) is 6.04 Å². The fraction of sp³-hybridized carbons (Fsp3) is 0.667. The molecule has 1 aromatic rings. The van der Waals surface area contributed by atoms with Crippen LogP contribution >= 0.6 is 0 Å². The van der Waals surface area contributed by atoms with E-state index < -0.39 is 0 Å². The number of fused-ring (bicyclic) bond motifs is 1. The Balaban J connectivity index is 1.62. The monoisotopic (exact) mass is 321 g/mol. The summed E-state index contributed by atoms with van der Waals surface area (Å²) in [7, 11) is 5.13. The van der Waals surface area contributed by atoms with E-state index in [1.807, 2.05) is 6.07 Å². The zero-order valence-corrected chi connectivity index (χ0v) is 14.3. The maximum atomic E-state index is 5.95. The first-order valence-corrected chi connectivity index (χ1v) is 8.36. The van der Waals surface area contributed by atoms with Crippen molar-refractivity contribution in [3.63, 3.8) is 0 Å². The van der Waals surface area contributed by atoms with E-state index in [4.69, 9.17) is 18.9 Å². The Morgan fingerprint density at radius 3 is 2.70 bits per heavy atom. The molecule has 5 nitrogen and oxygen atoms in total. The van der Waals surface area contributed by atoms with Gasteiger partial charge in [-0.15, -0.1) is 0 Å². The van der Waals surface area contributed by atoms with Gasteiger partial charge in [-0.05, 0) is 37.0 Å². The molecule has 0 N–H and O–H groups in total. The second-order valence-electron chi connectivity index (χ2n) is 6.23. The molecule has 128 valence electrons. The molecule has 3 rings (SSSR count). The van der Waals surface area contributed by atoms with Gasteiger partial charge in [-0.2, -0.15) is 0 Å². The third kappa shape index (κ3) is 3.47. The van der Waals surface area contributed by atoms with Crippen LogP contribution in [0.3, 0.4) is 0 Å². The van der Waals surface area contributed by atoms with Crippen molar-refractivity contribution in [2.45, 2.75) is 37.5 Å². The molecule has 0 unspecified atom stereocenters. The molecule has 1 aliphatic heterocycles. The lowest BCUT2D eigenvalue weighted by Crippen LogP contribution is -2.52. The second kappa shape index (κ2) is 7.51. The highest BCUT2D eigenvalue weighted by atomic mass is 16.5. The van der Waals surface area contributed by atoms with E-state index in [1.165, 1.54) is 5.56 Å². The van der Waals surface area contributed by atoms with Crippen molar-refractivity contribution >= 4 is 0 Å². The lowest BCUT2D eigenvalue weighted by Gasteiger charge is -2.39. The van der Waals surface area contributed by atoms with E-state index in [9.17, 15) is 0 Å². The van der Waals surface area contributed by atoms with Crippen molar-refractivity contribution < 1.29 is 18.9 Å². The van der Waals surface area contributed by atoms with Gasteiger partial charge in [0.15, 0.2) is 11.5 Å². The van der Waals surface area contributed by atoms with Crippen LogP contribution in [-0.4, -0.2) is 64.2 Å². The van der Waals surface area contributed by atoms with E-state index in [2.05, 4.69) is 17.0 Å². The first-order valence-electron chi connectivity index (χ1n) is 8.36. The number of nitrogens with zero attached hydrogens (tertiary/aromatic N) is 1. The van der Waals surface area contributed by atoms with Crippen LogP contribution in [0.15, 0.2) is 18.2 Å². The molecule has 2 aliphatic rings. The molecule has 0 bridgehead atoms. The molecule has 0 amide bonds. The number of ether oxygens (including phenoxy) is 4. The van der Waals surface area contributed by atoms with Crippen LogP contribution in [0.4, 0.5) is 0 Å². The molecule has 1 saturated carbocycles. The third-order valence-electron chi connectivity index (χ3n) is 5.09. The highest BCUT2D eigenvalue weighted by Crippen LogP contribution is 2.32. The summed E-state index contributed by atoms with van der Waals surface area (Å²) in [6.45, 7) is 2.84. The summed E-state index contributed by atoms with van der Waals surface area (Å²) >= 11 is 0. The highest BCUT2D eigenvalue weighted by Gasteiger charge is 2.42. The molecule has 1 aliphatic carbocycles. The van der Waals surface area contributed by atoms with Crippen molar-refractivity contribution in [1.29, 1.82) is 0 Å². The van der Waals surface area contributed by atoms with Gasteiger partial charge in [0.2, 0.25) is 0 Å². The summed E-state index contributed by atoms with van der Waals surface area (Å²) < 4.78 is 22.2. The molecule has 0 aromatic heterocycles. The lowest BCUT2D eigenvalue weighted by atomic mass is 10.1. The van der Waals surface area contributed by atoms with Crippen LogP contribution < -0.4 is 9.47 Å². The molecular weight excluding hydrogens is 294 g/mol. The molecule has 0 spiro atoms. The summed E-state index contributed by atoms with van der Waals surface area (Å²) in [6.07, 6.45) is 3.75. The molecule has 2 fully saturated rings. The van der Waals surface area contributed by atoms with Crippen molar-refractivity contribution in [3.8, 4) is 11.5 Å². The van der Waals surface area contributed by atoms with Crippen LogP contribution in [0, 0.1) is 0 Å². The fourth-order valence-electron chi connectivity index (χ4n) is 3.83. The normalized spacial score (nSPS) is 27.7. The summed E-state index contributed by atoms with van der Waals surface area (Å²) in [5, 5.41) is 0. The molecule has 5 heteroatoms. The van der Waals surface area contributed by atoms with Crippen LogP contribution in [0.5, 0.6) is 11.5 Å². The number of hydrogen-bond acceptors (Lipinski definition) is 5. The highest BCUT2D eigenvalue weighted by molar-refractivity contribution is 5.42. The lowest BCUT2D eigenvalue weighted by molar-refractivity contribution is -0.104. The van der Waals surface area contributed by atoms with Gasteiger partial charge in [0, 0.05) is 26.2 Å². The Bertz CT molecular complexity index is 522. The molecule has 1 saturated heterocycles. The van der Waals surface area contributed by atoms with Gasteiger partial charge < -0.3 is 18.9 Å². The topological polar surface area (TPSA) is 40.2 Å². The van der Waals surface area contributed by atoms with E-state index in [-0.39, 0.29) is 12.2 Å². The van der Waals surface area contributed by atoms with Crippen molar-refractivity contribution in [3.05, 3.63) is 23.8 Å². The van der Waals surface area contributed by atoms with Crippen LogP contribution in [-0.2, 0) is 15.9 Å². The first-order chi connectivity index (χ1) is 11.3. The minimum atomic E-state index is 0.235. The van der Waals surface area contributed by atoms with Crippen LogP contribution in [0.25, 0.3) is 0 Å². The fourth-order valence-corrected chi connectivity index (χ4v) is 3.83. The smallest absolute Gasteiger partial charge is 0.160 e. The summed E-state index contributed by atoms with van der Waals surface area (Å²) in [5.41, 5.74) is 1.27. The Kier molecular flexibility index (Phi) is 5.41. The molecule has 1 aromatic carbocycles. The van der Waals surface area contributed by atoms with E-state index in [1.54, 1.807) is 21.3 Å². The first kappa shape index (κ1) is 16.6. The third-order valence-corrected chi connectivity index (χ3v) is 5.09. The van der Waals surface area contributed by atoms with Gasteiger partial charge >= 0.3 is 0 Å². The largest absolute Gasteiger partial charge is 0.493 e. The van der Waals surface area contributed by atoms with Gasteiger partial charge in [0.1, 0.15) is 0 Å². The molecule has 1 heterocycles. The van der Waals surface area contributed by atoms with Crippen LogP contribution in [0.1, 0.15) is 18.4 Å². The van der Waals surface area contributed by atoms with Crippen LogP contribution in [0.2, 0.25) is 0 Å². The quantitative estimate of drug-likeness (QED) is 0.803. The Morgan fingerprint density at radius 2 is 1.96 bits per heavy atom. The van der Waals surface area contributed by atoms with Gasteiger partial charge in [-0.25, -0.2) is 0 Å². The Hall–Kier alpha value is -1.30. The summed E-state index contributed by atoms with van der Waals surface area (Å²) in [6, 6.07) is 6.66. The Morgan fingerprint density at radius 1 is 1.13 bits per heavy atom. The van der Waals surface area contributed by atoms with E-state index in [0.717, 1.165) is 50.5 Å². The minimum absolute atomic E-state index is 0.235. The summed E-state index contributed by atoms with van der Waals surface area (Å²) in [4.78, 5) is 2.56. The number of methoxy groups -OCH3 is 3. The minimum Gasteiger partial charge on any atom is -0.493 e. The number of benzene rings is 1. The second-order valence-corrected chi connectivity index (χ2v) is 6.23. The van der Waals surface area contributed by atoms with Gasteiger partial charge in [0.05, 0.1) is 33.0 Å². The number of hydrogen-bond donors (Lipinski definition) is 0. The average molecular weight is 321 g/mol. The van der Waals surface area contributed by atoms with Gasteiger partial charge in [-0.1, -0.05) is 6.07 Å². The standard InChI is InChI=1S/C18H27NO4/c1-20-15-6-4-13(12-17(15)22-3)8-9-19-10-11-23-18-14(19)5-7-16(18)21-2/h4,6,12,14,16,18H,5,7-11H2,1-3H3/t14-,16-,18+/m0/s1. The zero-order valence-electron chi connectivity index (χ0n) is 14.3. The zero-order chi connectivity index (χ0) is 16.2. The molecule has 23 heavy (non-hydrogen) atoms. The van der Waals surface area contributed by atoms with Crippen molar-refractivity contribution in [2.24, 2.45) is 0 Å². The summed E-state index contributed by atoms with van der Waals surface area (Å²) in [5.74, 6) is 1.58. The maximum Gasteiger partial charge on any atom is 0.160 e. The predicted octanol–water partition coefficient (Wildman–Crippen LogP) is 2.12. The molecule has 3 atom stereocenters. The van der Waals surface area contributed by atoms with Crippen molar-refractivity contribution in [2.75, 3.05) is 41.0 Å². The van der Waals surface area contributed by atoms with E-state index >= 15 is 0 Å². The Labute approximate surface area is 138 Å². The number of morpholine rings is 1. The average Bonchev–Trinajstić information content (AvgIpc) is 3.03. The van der Waals surface area contributed by atoms with Gasteiger partial charge in [-0.3, -0.25) is 4.90 Å². The van der Waals surface area contributed by atoms with Gasteiger partial charge in [0.25, 0.3) is 0 Å². The molecular formula is C18H27NO4. The number of rotatable bonds is 6. The molecule has 0 radical (unpaired) electrons.